The summed E-state index contributed by atoms with van der Waals surface area (Å²) in [4.78, 5) is 39.5. The topological polar surface area (TPSA) is 168 Å². The number of benzene rings is 5. The van der Waals surface area contributed by atoms with Gasteiger partial charge in [0.05, 0.1) is 33.3 Å². The van der Waals surface area contributed by atoms with Gasteiger partial charge in [-0.05, 0) is 104 Å². The zero-order chi connectivity index (χ0) is 39.9. The summed E-state index contributed by atoms with van der Waals surface area (Å²) in [6.07, 6.45) is 0. The van der Waals surface area contributed by atoms with Gasteiger partial charge in [0.1, 0.15) is 11.5 Å². The lowest BCUT2D eigenvalue weighted by atomic mass is 10.1. The van der Waals surface area contributed by atoms with Gasteiger partial charge in [-0.25, -0.2) is 21.6 Å². The Bertz CT molecular complexity index is 2230. The normalized spacial score (nSPS) is 11.3. The number of ether oxygens (including phenoxy) is 2. The molecule has 0 radical (unpaired) electrons. The highest BCUT2D eigenvalue weighted by Crippen LogP contribution is 2.26. The Kier molecular flexibility index (Phi) is 12.3. The van der Waals surface area contributed by atoms with Crippen LogP contribution in [-0.2, 0) is 36.2 Å². The highest BCUT2D eigenvalue weighted by molar-refractivity contribution is 7.93. The number of carbonyl (C=O) groups excluding carboxylic acids is 2. The van der Waals surface area contributed by atoms with Gasteiger partial charge in [0.15, 0.2) is 13.2 Å². The number of hydrogen-bond acceptors (Lipinski definition) is 9. The molecule has 0 aliphatic heterocycles. The zero-order valence-electron chi connectivity index (χ0n) is 30.4. The van der Waals surface area contributed by atoms with Crippen molar-refractivity contribution in [1.29, 1.82) is 0 Å². The lowest BCUT2D eigenvalue weighted by Gasteiger charge is -2.22. The quantitative estimate of drug-likeness (QED) is 0.140. The molecule has 0 aliphatic rings. The summed E-state index contributed by atoms with van der Waals surface area (Å²) in [6.45, 7) is 2.37. The molecule has 5 aromatic carbocycles. The van der Waals surface area contributed by atoms with E-state index in [1.54, 1.807) is 24.3 Å². The summed E-state index contributed by atoms with van der Waals surface area (Å²) in [5, 5.41) is 9.27. The van der Waals surface area contributed by atoms with Crippen molar-refractivity contribution in [3.8, 4) is 11.5 Å². The van der Waals surface area contributed by atoms with Gasteiger partial charge in [0, 0.05) is 14.1 Å². The van der Waals surface area contributed by atoms with Crippen molar-refractivity contribution in [2.24, 2.45) is 0 Å². The second kappa shape index (κ2) is 16.9. The number of aromatic carboxylic acids is 1. The van der Waals surface area contributed by atoms with Crippen LogP contribution in [0.1, 0.15) is 27.0 Å². The van der Waals surface area contributed by atoms with Crippen molar-refractivity contribution in [2.75, 3.05) is 35.9 Å². The van der Waals surface area contributed by atoms with Crippen LogP contribution in [0.3, 0.4) is 0 Å². The van der Waals surface area contributed by atoms with Crippen molar-refractivity contribution in [3.63, 3.8) is 0 Å². The maximum absolute atomic E-state index is 13.5. The summed E-state index contributed by atoms with van der Waals surface area (Å²) in [7, 11) is -4.82. The van der Waals surface area contributed by atoms with Crippen LogP contribution >= 0.6 is 0 Å². The number of aryl methyl sites for hydroxylation is 2. The van der Waals surface area contributed by atoms with Crippen LogP contribution < -0.4 is 18.1 Å². The van der Waals surface area contributed by atoms with Crippen LogP contribution in [0.2, 0.25) is 0 Å². The molecule has 286 valence electrons. The van der Waals surface area contributed by atoms with E-state index in [0.29, 0.717) is 16.9 Å². The van der Waals surface area contributed by atoms with Crippen LogP contribution in [0.4, 0.5) is 11.4 Å². The predicted molar refractivity (Wildman–Crippen MR) is 206 cm³/mol. The smallest absolute Gasteiger partial charge is 0.335 e. The molecule has 5 aromatic rings. The third kappa shape index (κ3) is 9.68. The lowest BCUT2D eigenvalue weighted by molar-refractivity contribution is -0.148. The summed E-state index contributed by atoms with van der Waals surface area (Å²) >= 11 is 0. The second-order valence-electron chi connectivity index (χ2n) is 12.5. The second-order valence-corrected chi connectivity index (χ2v) is 16.5. The Morgan fingerprint density at radius 2 is 0.909 bits per heavy atom. The minimum atomic E-state index is -3.83. The van der Waals surface area contributed by atoms with Gasteiger partial charge in [0.2, 0.25) is 0 Å². The van der Waals surface area contributed by atoms with Crippen molar-refractivity contribution in [3.05, 3.63) is 144 Å². The molecule has 1 N–H and O–H groups in total. The van der Waals surface area contributed by atoms with Crippen LogP contribution in [0.5, 0.6) is 11.5 Å². The van der Waals surface area contributed by atoms with Crippen molar-refractivity contribution < 1.29 is 45.8 Å². The first-order valence-corrected chi connectivity index (χ1v) is 19.7. The van der Waals surface area contributed by atoms with Gasteiger partial charge in [-0.2, -0.15) is 0 Å². The van der Waals surface area contributed by atoms with E-state index in [1.165, 1.54) is 111 Å². The Hall–Kier alpha value is -6.19. The van der Waals surface area contributed by atoms with E-state index in [4.69, 9.17) is 9.47 Å². The molecule has 2 amide bonds. The van der Waals surface area contributed by atoms with E-state index in [-0.39, 0.29) is 33.4 Å². The van der Waals surface area contributed by atoms with Crippen LogP contribution in [0.25, 0.3) is 0 Å². The number of carboxylic acid groups (broad SMARTS) is 1. The van der Waals surface area contributed by atoms with Gasteiger partial charge < -0.3 is 14.6 Å². The highest BCUT2D eigenvalue weighted by atomic mass is 32.2. The molecule has 0 spiro atoms. The molecule has 0 unspecified atom stereocenters. The summed E-state index contributed by atoms with van der Waals surface area (Å²) < 4.78 is 66.1. The fourth-order valence-corrected chi connectivity index (χ4v) is 7.61. The first-order valence-electron chi connectivity index (χ1n) is 16.8. The van der Waals surface area contributed by atoms with Crippen LogP contribution in [0, 0.1) is 13.8 Å². The molecular formula is C40H39N3O10S2. The van der Waals surface area contributed by atoms with Gasteiger partial charge in [-0.3, -0.25) is 23.1 Å². The van der Waals surface area contributed by atoms with E-state index in [1.807, 2.05) is 13.8 Å². The van der Waals surface area contributed by atoms with E-state index in [9.17, 15) is 36.3 Å². The Labute approximate surface area is 320 Å². The average Bonchev–Trinajstić information content (AvgIpc) is 3.18. The minimum absolute atomic E-state index is 0.0288. The van der Waals surface area contributed by atoms with Gasteiger partial charge in [-0.15, -0.1) is 0 Å². The van der Waals surface area contributed by atoms with Crippen molar-refractivity contribution in [2.45, 2.75) is 30.2 Å². The molecule has 0 aromatic heterocycles. The summed E-state index contributed by atoms with van der Waals surface area (Å²) in [5.41, 5.74) is 3.05. The number of sulfonamides is 2. The molecule has 0 saturated carbocycles. The summed E-state index contributed by atoms with van der Waals surface area (Å²) in [5.74, 6) is -2.11. The molecule has 5 rings (SSSR count). The largest absolute Gasteiger partial charge is 0.484 e. The van der Waals surface area contributed by atoms with E-state index in [0.717, 1.165) is 24.6 Å². The molecule has 0 atom stereocenters. The number of nitrogens with zero attached hydrogens (tertiary/aromatic N) is 3. The fraction of sp³-hybridized carbons (Fsp3) is 0.175. The highest BCUT2D eigenvalue weighted by Gasteiger charge is 2.25. The number of hydrogen-bond donors (Lipinski definition) is 1. The molecule has 55 heavy (non-hydrogen) atoms. The lowest BCUT2D eigenvalue weighted by Crippen LogP contribution is -2.42. The van der Waals surface area contributed by atoms with Gasteiger partial charge in [0.25, 0.3) is 31.9 Å². The summed E-state index contributed by atoms with van der Waals surface area (Å²) in [6, 6.07) is 30.7. The Morgan fingerprint density at radius 1 is 0.545 bits per heavy atom. The molecule has 0 fully saturated rings. The molecule has 0 saturated heterocycles. The number of carbonyl (C=O) groups is 3. The van der Waals surface area contributed by atoms with Crippen LogP contribution in [-0.4, -0.2) is 71.9 Å². The Morgan fingerprint density at radius 3 is 1.25 bits per heavy atom. The van der Waals surface area contributed by atoms with Gasteiger partial charge in [-0.1, -0.05) is 47.5 Å². The number of amides is 2. The van der Waals surface area contributed by atoms with Crippen LogP contribution in [0.15, 0.2) is 131 Å². The zero-order valence-corrected chi connectivity index (χ0v) is 32.1. The average molecular weight is 786 g/mol. The monoisotopic (exact) mass is 785 g/mol. The van der Waals surface area contributed by atoms with Gasteiger partial charge >= 0.3 is 5.97 Å². The SMILES string of the molecule is Cc1ccc(S(=O)(=O)N(C)c2ccc(OCC(=O)N(Cc3ccc(C(=O)O)cc3)C(=O)COc3ccc(N(C)S(=O)(=O)c4ccc(C)cc4)cc3)cc2)cc1. The molecular weight excluding hydrogens is 747 g/mol. The first-order chi connectivity index (χ1) is 26.1. The fourth-order valence-electron chi connectivity index (χ4n) is 5.22. The maximum Gasteiger partial charge on any atom is 0.335 e. The molecule has 0 aliphatic carbocycles. The first kappa shape index (κ1) is 40.0. The Balaban J connectivity index is 1.25. The number of anilines is 2. The molecule has 0 bridgehead atoms. The van der Waals surface area contributed by atoms with Crippen molar-refractivity contribution in [1.82, 2.24) is 4.90 Å². The molecule has 15 heteroatoms. The minimum Gasteiger partial charge on any atom is -0.484 e. The van der Waals surface area contributed by atoms with Crippen molar-refractivity contribution >= 4 is 49.2 Å². The number of rotatable bonds is 15. The molecule has 0 heterocycles. The third-order valence-electron chi connectivity index (χ3n) is 8.63. The third-order valence-corrected chi connectivity index (χ3v) is 12.2. The maximum atomic E-state index is 13.5. The number of carboxylic acids is 1. The standard InChI is InChI=1S/C40H39N3O10S2/c1-28-5-21-36(22-6-28)54(48,49)41(3)32-13-17-34(18-14-32)52-26-38(44)43(25-30-9-11-31(12-10-30)40(46)47)39(45)27-53-35-19-15-33(16-20-35)42(4)55(50,51)37-23-7-29(2)8-24-37/h5-24H,25-27H2,1-4H3,(H,46,47). The number of imide groups is 1. The predicted octanol–water partition coefficient (Wildman–Crippen LogP) is 5.67. The van der Waals surface area contributed by atoms with E-state index in [2.05, 4.69) is 0 Å². The van der Waals surface area contributed by atoms with E-state index < -0.39 is 51.0 Å². The molecule has 13 nitrogen and oxygen atoms in total. The van der Waals surface area contributed by atoms with E-state index >= 15 is 0 Å².